The van der Waals surface area contributed by atoms with Crippen molar-refractivity contribution in [2.24, 2.45) is 5.73 Å². The Hall–Kier alpha value is -0.590. The van der Waals surface area contributed by atoms with Crippen LogP contribution in [0.1, 0.15) is 5.56 Å². The van der Waals surface area contributed by atoms with Crippen LogP contribution in [-0.2, 0) is 6.54 Å². The maximum atomic E-state index is 5.85. The van der Waals surface area contributed by atoms with Crippen LogP contribution in [0.15, 0.2) is 46.9 Å². The lowest BCUT2D eigenvalue weighted by atomic mass is 10.2. The van der Waals surface area contributed by atoms with E-state index < -0.39 is 0 Å². The van der Waals surface area contributed by atoms with Crippen molar-refractivity contribution >= 4 is 38.5 Å². The third-order valence-corrected chi connectivity index (χ3v) is 3.44. The van der Waals surface area contributed by atoms with Crippen molar-refractivity contribution in [1.82, 2.24) is 0 Å². The molecule has 88 valence electrons. The van der Waals surface area contributed by atoms with Crippen LogP contribution < -0.4 is 10.5 Å². The van der Waals surface area contributed by atoms with Gasteiger partial charge in [-0.2, -0.15) is 0 Å². The molecule has 17 heavy (non-hydrogen) atoms. The Labute approximate surface area is 122 Å². The zero-order valence-electron chi connectivity index (χ0n) is 8.99. The molecule has 0 aliphatic heterocycles. The molecule has 0 unspecified atom stereocenters. The summed E-state index contributed by atoms with van der Waals surface area (Å²) in [7, 11) is 0. The number of ether oxygens (including phenoxy) is 1. The minimum atomic E-state index is 0.465. The van der Waals surface area contributed by atoms with Gasteiger partial charge in [0.15, 0.2) is 0 Å². The number of benzene rings is 2. The van der Waals surface area contributed by atoms with E-state index >= 15 is 0 Å². The van der Waals surface area contributed by atoms with Crippen molar-refractivity contribution in [3.05, 3.63) is 56.1 Å². The third kappa shape index (κ3) is 3.43. The van der Waals surface area contributed by atoms with Crippen LogP contribution >= 0.6 is 38.5 Å². The molecular weight excluding hydrogens is 393 g/mol. The zero-order valence-corrected chi connectivity index (χ0v) is 12.7. The first-order chi connectivity index (χ1) is 8.19. The van der Waals surface area contributed by atoms with Crippen LogP contribution in [-0.4, -0.2) is 0 Å². The molecule has 0 aliphatic rings. The summed E-state index contributed by atoms with van der Waals surface area (Å²) in [5.41, 5.74) is 6.68. The second kappa shape index (κ2) is 5.84. The molecule has 0 spiro atoms. The topological polar surface area (TPSA) is 35.2 Å². The summed E-state index contributed by atoms with van der Waals surface area (Å²) in [6, 6.07) is 13.8. The van der Waals surface area contributed by atoms with Gasteiger partial charge < -0.3 is 10.5 Å². The van der Waals surface area contributed by atoms with Crippen molar-refractivity contribution < 1.29 is 4.74 Å². The average molecular weight is 404 g/mol. The highest BCUT2D eigenvalue weighted by Gasteiger charge is 2.05. The molecular formula is C13H11BrINO. The predicted octanol–water partition coefficient (Wildman–Crippen LogP) is 4.30. The molecule has 2 aromatic rings. The van der Waals surface area contributed by atoms with Crippen molar-refractivity contribution in [2.75, 3.05) is 0 Å². The molecule has 0 radical (unpaired) electrons. The molecule has 0 saturated carbocycles. The van der Waals surface area contributed by atoms with Gasteiger partial charge in [0.25, 0.3) is 0 Å². The molecule has 0 fully saturated rings. The third-order valence-electron chi connectivity index (χ3n) is 2.27. The largest absolute Gasteiger partial charge is 0.457 e. The summed E-state index contributed by atoms with van der Waals surface area (Å²) in [5, 5.41) is 0. The summed E-state index contributed by atoms with van der Waals surface area (Å²) in [4.78, 5) is 0. The molecule has 4 heteroatoms. The molecule has 0 bridgehead atoms. The van der Waals surface area contributed by atoms with Gasteiger partial charge in [-0.1, -0.05) is 28.1 Å². The van der Waals surface area contributed by atoms with Gasteiger partial charge in [-0.05, 0) is 52.9 Å². The van der Waals surface area contributed by atoms with E-state index in [-0.39, 0.29) is 0 Å². The molecule has 2 rings (SSSR count). The minimum absolute atomic E-state index is 0.465. The molecule has 0 amide bonds. The van der Waals surface area contributed by atoms with E-state index in [1.54, 1.807) is 0 Å². The normalized spacial score (nSPS) is 10.3. The van der Waals surface area contributed by atoms with Gasteiger partial charge >= 0.3 is 0 Å². The SMILES string of the molecule is NCc1ccc(Br)cc1Oc1cccc(I)c1. The number of rotatable bonds is 3. The monoisotopic (exact) mass is 403 g/mol. The van der Waals surface area contributed by atoms with E-state index in [9.17, 15) is 0 Å². The van der Waals surface area contributed by atoms with Gasteiger partial charge in [0.05, 0.1) is 0 Å². The van der Waals surface area contributed by atoms with Gasteiger partial charge in [0.1, 0.15) is 11.5 Å². The van der Waals surface area contributed by atoms with Crippen LogP contribution in [0.4, 0.5) is 0 Å². The van der Waals surface area contributed by atoms with Crippen molar-refractivity contribution in [2.45, 2.75) is 6.54 Å². The van der Waals surface area contributed by atoms with E-state index in [2.05, 4.69) is 38.5 Å². The van der Waals surface area contributed by atoms with Gasteiger partial charge in [0, 0.05) is 20.2 Å². The lowest BCUT2D eigenvalue weighted by Crippen LogP contribution is -1.99. The molecule has 0 aromatic heterocycles. The summed E-state index contributed by atoms with van der Waals surface area (Å²) < 4.78 is 7.97. The van der Waals surface area contributed by atoms with E-state index in [1.807, 2.05) is 42.5 Å². The standard InChI is InChI=1S/C13H11BrINO/c14-10-5-4-9(8-16)13(6-10)17-12-3-1-2-11(15)7-12/h1-7H,8,16H2. The van der Waals surface area contributed by atoms with Crippen molar-refractivity contribution in [3.8, 4) is 11.5 Å². The Balaban J connectivity index is 2.32. The first-order valence-electron chi connectivity index (χ1n) is 5.11. The van der Waals surface area contributed by atoms with Crippen LogP contribution in [0.25, 0.3) is 0 Å². The van der Waals surface area contributed by atoms with Crippen LogP contribution in [0, 0.1) is 3.57 Å². The number of nitrogens with two attached hydrogens (primary N) is 1. The highest BCUT2D eigenvalue weighted by atomic mass is 127. The number of halogens is 2. The second-order valence-electron chi connectivity index (χ2n) is 3.52. The smallest absolute Gasteiger partial charge is 0.133 e. The molecule has 2 N–H and O–H groups in total. The second-order valence-corrected chi connectivity index (χ2v) is 5.68. The van der Waals surface area contributed by atoms with Crippen molar-refractivity contribution in [1.29, 1.82) is 0 Å². The fourth-order valence-corrected chi connectivity index (χ4v) is 2.30. The van der Waals surface area contributed by atoms with Crippen LogP contribution in [0.3, 0.4) is 0 Å². The van der Waals surface area contributed by atoms with Gasteiger partial charge in [-0.15, -0.1) is 0 Å². The number of hydrogen-bond donors (Lipinski definition) is 1. The summed E-state index contributed by atoms with van der Waals surface area (Å²) in [6.07, 6.45) is 0. The zero-order chi connectivity index (χ0) is 12.3. The lowest BCUT2D eigenvalue weighted by molar-refractivity contribution is 0.475. The average Bonchev–Trinajstić information content (AvgIpc) is 2.29. The molecule has 2 nitrogen and oxygen atoms in total. The molecule has 2 aromatic carbocycles. The lowest BCUT2D eigenvalue weighted by Gasteiger charge is -2.10. The Bertz CT molecular complexity index is 531. The van der Waals surface area contributed by atoms with Gasteiger partial charge in [-0.25, -0.2) is 0 Å². The fourth-order valence-electron chi connectivity index (χ4n) is 1.45. The number of hydrogen-bond acceptors (Lipinski definition) is 2. The van der Waals surface area contributed by atoms with Crippen LogP contribution in [0.5, 0.6) is 11.5 Å². The van der Waals surface area contributed by atoms with E-state index in [0.717, 1.165) is 25.1 Å². The summed E-state index contributed by atoms with van der Waals surface area (Å²) in [6.45, 7) is 0.465. The van der Waals surface area contributed by atoms with E-state index in [0.29, 0.717) is 6.54 Å². The minimum Gasteiger partial charge on any atom is -0.457 e. The van der Waals surface area contributed by atoms with Crippen LogP contribution in [0.2, 0.25) is 0 Å². The Morgan fingerprint density at radius 3 is 2.71 bits per heavy atom. The Morgan fingerprint density at radius 1 is 1.18 bits per heavy atom. The molecule has 0 aliphatic carbocycles. The first-order valence-corrected chi connectivity index (χ1v) is 6.98. The van der Waals surface area contributed by atoms with Gasteiger partial charge in [-0.3, -0.25) is 0 Å². The molecule has 0 atom stereocenters. The highest BCUT2D eigenvalue weighted by Crippen LogP contribution is 2.29. The predicted molar refractivity (Wildman–Crippen MR) is 81.3 cm³/mol. The molecule has 0 heterocycles. The fraction of sp³-hybridized carbons (Fsp3) is 0.0769. The summed E-state index contributed by atoms with van der Waals surface area (Å²) >= 11 is 5.69. The van der Waals surface area contributed by atoms with E-state index in [1.165, 1.54) is 0 Å². The van der Waals surface area contributed by atoms with Crippen molar-refractivity contribution in [3.63, 3.8) is 0 Å². The maximum absolute atomic E-state index is 5.85. The Morgan fingerprint density at radius 2 is 2.00 bits per heavy atom. The molecule has 0 saturated heterocycles. The Kier molecular flexibility index (Phi) is 4.42. The first kappa shape index (κ1) is 12.9. The maximum Gasteiger partial charge on any atom is 0.133 e. The van der Waals surface area contributed by atoms with Gasteiger partial charge in [0.2, 0.25) is 0 Å². The highest BCUT2D eigenvalue weighted by molar-refractivity contribution is 14.1. The quantitative estimate of drug-likeness (QED) is 0.775. The summed E-state index contributed by atoms with van der Waals surface area (Å²) in [5.74, 6) is 1.62. The van der Waals surface area contributed by atoms with E-state index in [4.69, 9.17) is 10.5 Å².